The number of carbonyl (C=O) groups excluding carboxylic acids is 1. The summed E-state index contributed by atoms with van der Waals surface area (Å²) in [6.45, 7) is 2.33. The van der Waals surface area contributed by atoms with Crippen LogP contribution in [-0.2, 0) is 11.4 Å². The van der Waals surface area contributed by atoms with E-state index in [0.29, 0.717) is 33.1 Å². The van der Waals surface area contributed by atoms with Gasteiger partial charge in [-0.05, 0) is 42.8 Å². The summed E-state index contributed by atoms with van der Waals surface area (Å²) in [4.78, 5) is 23.1. The smallest absolute Gasteiger partial charge is 0.371 e. The predicted molar refractivity (Wildman–Crippen MR) is 104 cm³/mol. The van der Waals surface area contributed by atoms with Gasteiger partial charge in [-0.2, -0.15) is 0 Å². The number of hydrogen-bond donors (Lipinski definition) is 2. The van der Waals surface area contributed by atoms with Gasteiger partial charge in [0, 0.05) is 0 Å². The lowest BCUT2D eigenvalue weighted by molar-refractivity contribution is -0.115. The Morgan fingerprint density at radius 2 is 2.11 bits per heavy atom. The third-order valence-corrected chi connectivity index (χ3v) is 4.61. The van der Waals surface area contributed by atoms with Gasteiger partial charge in [0.2, 0.25) is 5.76 Å². The van der Waals surface area contributed by atoms with E-state index < -0.39 is 5.97 Å². The highest BCUT2D eigenvalue weighted by atomic mass is 32.2. The normalized spacial score (nSPS) is 15.1. The van der Waals surface area contributed by atoms with E-state index in [1.54, 1.807) is 30.3 Å². The summed E-state index contributed by atoms with van der Waals surface area (Å²) in [5, 5.41) is 11.4. The molecule has 0 spiro atoms. The first kappa shape index (κ1) is 19.0. The molecule has 2 N–H and O–H groups in total. The summed E-state index contributed by atoms with van der Waals surface area (Å²) in [6, 6.07) is 8.17. The minimum atomic E-state index is -1.14. The molecule has 2 heterocycles. The molecular weight excluding hydrogens is 390 g/mol. The third kappa shape index (κ3) is 4.69. The Morgan fingerprint density at radius 3 is 2.74 bits per heavy atom. The number of carbonyl (C=O) groups is 2. The van der Waals surface area contributed by atoms with Crippen LogP contribution in [-0.4, -0.2) is 27.9 Å². The molecule has 1 saturated heterocycles. The van der Waals surface area contributed by atoms with Crippen LogP contribution in [0, 0.1) is 0 Å². The van der Waals surface area contributed by atoms with Gasteiger partial charge in [-0.3, -0.25) is 4.79 Å². The molecule has 1 fully saturated rings. The largest absolute Gasteiger partial charge is 0.490 e. The van der Waals surface area contributed by atoms with E-state index in [-0.39, 0.29) is 18.3 Å². The molecule has 1 aromatic heterocycles. The highest BCUT2D eigenvalue weighted by Gasteiger charge is 2.22. The quantitative estimate of drug-likeness (QED) is 0.534. The molecule has 27 heavy (non-hydrogen) atoms. The summed E-state index contributed by atoms with van der Waals surface area (Å²) in [5.74, 6) is -0.147. The van der Waals surface area contributed by atoms with E-state index in [1.807, 2.05) is 6.92 Å². The number of carboxylic acid groups (broad SMARTS) is 1. The maximum Gasteiger partial charge on any atom is 0.371 e. The lowest BCUT2D eigenvalue weighted by Gasteiger charge is -2.12. The van der Waals surface area contributed by atoms with Crippen LogP contribution in [0.2, 0.25) is 0 Å². The van der Waals surface area contributed by atoms with E-state index in [9.17, 15) is 9.59 Å². The number of aromatic carboxylic acids is 1. The number of carboxylic acids is 1. The average Bonchev–Trinajstić information content (AvgIpc) is 3.21. The Hall–Kier alpha value is -2.78. The van der Waals surface area contributed by atoms with Crippen molar-refractivity contribution in [2.24, 2.45) is 0 Å². The molecule has 0 unspecified atom stereocenters. The summed E-state index contributed by atoms with van der Waals surface area (Å²) < 4.78 is 16.9. The number of furan rings is 1. The molecule has 1 aromatic carbocycles. The molecule has 0 atom stereocenters. The zero-order valence-corrected chi connectivity index (χ0v) is 15.8. The van der Waals surface area contributed by atoms with Crippen LogP contribution in [0.3, 0.4) is 0 Å². The Balaban J connectivity index is 1.77. The fraction of sp³-hybridized carbons (Fsp3) is 0.167. The number of benzene rings is 1. The highest BCUT2D eigenvalue weighted by molar-refractivity contribution is 8.26. The first-order valence-corrected chi connectivity index (χ1v) is 9.15. The second-order valence-electron chi connectivity index (χ2n) is 5.35. The molecule has 0 bridgehead atoms. The van der Waals surface area contributed by atoms with E-state index in [4.69, 9.17) is 31.2 Å². The van der Waals surface area contributed by atoms with E-state index >= 15 is 0 Å². The number of hydrogen-bond acceptors (Lipinski definition) is 7. The Morgan fingerprint density at radius 1 is 1.30 bits per heavy atom. The van der Waals surface area contributed by atoms with Gasteiger partial charge in [-0.25, -0.2) is 4.79 Å². The van der Waals surface area contributed by atoms with Gasteiger partial charge in [0.05, 0.1) is 11.5 Å². The van der Waals surface area contributed by atoms with Gasteiger partial charge in [-0.15, -0.1) is 0 Å². The highest BCUT2D eigenvalue weighted by Crippen LogP contribution is 2.32. The second kappa shape index (κ2) is 8.28. The minimum absolute atomic E-state index is 0.0559. The number of thioether (sulfide) groups is 1. The molecule has 7 nitrogen and oxygen atoms in total. The molecule has 0 saturated carbocycles. The molecule has 0 aliphatic carbocycles. The standard InChI is InChI=1S/C18H15NO6S2/c1-2-23-14-7-10(8-15-16(20)19-18(26)27-15)3-5-12(14)24-9-11-4-6-13(25-11)17(21)22/h3-8H,2,9H2,1H3,(H,21,22)(H,19,20,26). The molecule has 0 radical (unpaired) electrons. The van der Waals surface area contributed by atoms with Crippen molar-refractivity contribution in [2.45, 2.75) is 13.5 Å². The topological polar surface area (TPSA) is 98.0 Å². The van der Waals surface area contributed by atoms with Crippen molar-refractivity contribution in [3.05, 3.63) is 52.3 Å². The summed E-state index contributed by atoms with van der Waals surface area (Å²) >= 11 is 6.18. The van der Waals surface area contributed by atoms with E-state index in [2.05, 4.69) is 5.32 Å². The van der Waals surface area contributed by atoms with Crippen LogP contribution in [0.15, 0.2) is 39.7 Å². The summed E-state index contributed by atoms with van der Waals surface area (Å²) in [6.07, 6.45) is 1.72. The third-order valence-electron chi connectivity index (χ3n) is 3.45. The summed E-state index contributed by atoms with van der Waals surface area (Å²) in [5.41, 5.74) is 0.763. The number of thiocarbonyl (C=S) groups is 1. The SMILES string of the molecule is CCOc1cc(C=C2SC(=S)NC2=O)ccc1OCc1ccc(C(=O)O)o1. The van der Waals surface area contributed by atoms with Crippen molar-refractivity contribution in [2.75, 3.05) is 6.61 Å². The van der Waals surface area contributed by atoms with E-state index in [0.717, 1.165) is 5.56 Å². The molecule has 1 amide bonds. The zero-order valence-electron chi connectivity index (χ0n) is 14.2. The Bertz CT molecular complexity index is 934. The van der Waals surface area contributed by atoms with Crippen molar-refractivity contribution in [3.63, 3.8) is 0 Å². The lowest BCUT2D eigenvalue weighted by Crippen LogP contribution is -2.17. The fourth-order valence-corrected chi connectivity index (χ4v) is 3.34. The van der Waals surface area contributed by atoms with Crippen molar-refractivity contribution in [1.82, 2.24) is 5.32 Å². The number of amides is 1. The van der Waals surface area contributed by atoms with Crippen LogP contribution in [0.25, 0.3) is 6.08 Å². The minimum Gasteiger partial charge on any atom is -0.490 e. The van der Waals surface area contributed by atoms with Crippen molar-refractivity contribution >= 4 is 46.3 Å². The molecule has 1 aliphatic heterocycles. The van der Waals surface area contributed by atoms with Gasteiger partial charge in [-0.1, -0.05) is 30.0 Å². The summed E-state index contributed by atoms with van der Waals surface area (Å²) in [7, 11) is 0. The zero-order chi connectivity index (χ0) is 19.4. The Labute approximate surface area is 164 Å². The number of rotatable bonds is 7. The van der Waals surface area contributed by atoms with Crippen LogP contribution in [0.4, 0.5) is 0 Å². The monoisotopic (exact) mass is 405 g/mol. The Kier molecular flexibility index (Phi) is 5.82. The molecule has 1 aliphatic rings. The van der Waals surface area contributed by atoms with Gasteiger partial charge < -0.3 is 24.3 Å². The average molecular weight is 405 g/mol. The second-order valence-corrected chi connectivity index (χ2v) is 7.07. The van der Waals surface area contributed by atoms with Crippen molar-refractivity contribution in [1.29, 1.82) is 0 Å². The number of nitrogens with one attached hydrogen (secondary N) is 1. The maximum absolute atomic E-state index is 11.8. The molecular formula is C18H15NO6S2. The molecule has 9 heteroatoms. The van der Waals surface area contributed by atoms with Gasteiger partial charge in [0.25, 0.3) is 5.91 Å². The first-order chi connectivity index (χ1) is 13.0. The van der Waals surface area contributed by atoms with Crippen molar-refractivity contribution < 1.29 is 28.6 Å². The van der Waals surface area contributed by atoms with Crippen LogP contribution < -0.4 is 14.8 Å². The van der Waals surface area contributed by atoms with Crippen LogP contribution >= 0.6 is 24.0 Å². The molecule has 2 aromatic rings. The fourth-order valence-electron chi connectivity index (χ4n) is 2.29. The van der Waals surface area contributed by atoms with Crippen molar-refractivity contribution in [3.8, 4) is 11.5 Å². The van der Waals surface area contributed by atoms with Crippen LogP contribution in [0.1, 0.15) is 28.8 Å². The first-order valence-electron chi connectivity index (χ1n) is 7.92. The van der Waals surface area contributed by atoms with E-state index in [1.165, 1.54) is 17.8 Å². The number of ether oxygens (including phenoxy) is 2. The lowest BCUT2D eigenvalue weighted by atomic mass is 10.2. The predicted octanol–water partition coefficient (Wildman–Crippen LogP) is 3.44. The van der Waals surface area contributed by atoms with Gasteiger partial charge in [0.1, 0.15) is 16.7 Å². The molecule has 3 rings (SSSR count). The van der Waals surface area contributed by atoms with Crippen LogP contribution in [0.5, 0.6) is 11.5 Å². The molecule has 140 valence electrons. The van der Waals surface area contributed by atoms with Gasteiger partial charge >= 0.3 is 5.97 Å². The van der Waals surface area contributed by atoms with Gasteiger partial charge in [0.15, 0.2) is 11.5 Å². The maximum atomic E-state index is 11.8.